The zero-order valence-electron chi connectivity index (χ0n) is 12.2. The lowest BCUT2D eigenvalue weighted by molar-refractivity contribution is -0.141. The van der Waals surface area contributed by atoms with Crippen LogP contribution >= 0.6 is 0 Å². The van der Waals surface area contributed by atoms with Crippen LogP contribution in [0.15, 0.2) is 24.3 Å². The Morgan fingerprint density at radius 3 is 2.52 bits per heavy atom. The molecule has 0 saturated heterocycles. The Morgan fingerprint density at radius 1 is 1.19 bits per heavy atom. The predicted octanol–water partition coefficient (Wildman–Crippen LogP) is 3.50. The number of hydrogen-bond acceptors (Lipinski definition) is 3. The molecule has 0 N–H and O–H groups in total. The molecule has 0 aliphatic rings. The maximum absolute atomic E-state index is 12.9. The molecule has 1 aromatic heterocycles. The molecule has 0 aliphatic heterocycles. The van der Waals surface area contributed by atoms with Crippen LogP contribution in [0.1, 0.15) is 11.3 Å². The Kier molecular flexibility index (Phi) is 4.37. The first kappa shape index (κ1) is 15.6. The van der Waals surface area contributed by atoms with E-state index in [1.807, 2.05) is 25.9 Å². The van der Waals surface area contributed by atoms with Crippen molar-refractivity contribution in [3.05, 3.63) is 35.5 Å². The summed E-state index contributed by atoms with van der Waals surface area (Å²) in [5.41, 5.74) is 0.301. The largest absolute Gasteiger partial charge is 0.491 e. The molecule has 1 aromatic carbocycles. The van der Waals surface area contributed by atoms with E-state index in [-0.39, 0.29) is 11.3 Å². The zero-order chi connectivity index (χ0) is 15.6. The Hall–Kier alpha value is -1.82. The molecule has 0 spiro atoms. The molecule has 0 radical (unpaired) electrons. The van der Waals surface area contributed by atoms with Crippen molar-refractivity contribution in [2.24, 2.45) is 0 Å². The number of rotatable bonds is 4. The summed E-state index contributed by atoms with van der Waals surface area (Å²) in [7, 11) is 3.75. The molecule has 6 heteroatoms. The van der Waals surface area contributed by atoms with E-state index in [0.29, 0.717) is 18.5 Å². The average molecular weight is 298 g/mol. The van der Waals surface area contributed by atoms with Gasteiger partial charge in [-0.05, 0) is 33.2 Å². The van der Waals surface area contributed by atoms with Gasteiger partial charge in [0.25, 0.3) is 0 Å². The number of likely N-dealkylation sites (N-methyl/N-ethyl adjacent to an activating group) is 1. The van der Waals surface area contributed by atoms with Crippen molar-refractivity contribution in [3.63, 3.8) is 0 Å². The lowest BCUT2D eigenvalue weighted by Gasteiger charge is -2.15. The fraction of sp³-hybridized carbons (Fsp3) is 0.400. The first-order chi connectivity index (χ1) is 9.77. The second-order valence-electron chi connectivity index (χ2n) is 5.18. The van der Waals surface area contributed by atoms with Gasteiger partial charge in [0.2, 0.25) is 0 Å². The van der Waals surface area contributed by atoms with E-state index in [0.717, 1.165) is 11.6 Å². The smallest absolute Gasteiger partial charge is 0.433 e. The van der Waals surface area contributed by atoms with E-state index in [1.165, 1.54) is 0 Å². The first-order valence-corrected chi connectivity index (χ1v) is 6.53. The maximum Gasteiger partial charge on any atom is 0.433 e. The van der Waals surface area contributed by atoms with Gasteiger partial charge in [-0.15, -0.1) is 0 Å². The summed E-state index contributed by atoms with van der Waals surface area (Å²) >= 11 is 0. The molecular formula is C15H17F3N2O. The fourth-order valence-corrected chi connectivity index (χ4v) is 1.91. The second kappa shape index (κ2) is 5.89. The molecule has 0 aliphatic carbocycles. The summed E-state index contributed by atoms with van der Waals surface area (Å²) in [5.74, 6) is 0.220. The summed E-state index contributed by atoms with van der Waals surface area (Å²) in [5, 5.41) is 0.599. The summed E-state index contributed by atoms with van der Waals surface area (Å²) in [6, 6.07) is 6.07. The molecule has 0 unspecified atom stereocenters. The van der Waals surface area contributed by atoms with Gasteiger partial charge in [0.15, 0.2) is 0 Å². The summed E-state index contributed by atoms with van der Waals surface area (Å²) in [6.45, 7) is 2.81. The topological polar surface area (TPSA) is 25.4 Å². The van der Waals surface area contributed by atoms with Crippen molar-refractivity contribution < 1.29 is 17.9 Å². The van der Waals surface area contributed by atoms with Crippen LogP contribution in [-0.4, -0.2) is 37.1 Å². The number of hydrogen-bond donors (Lipinski definition) is 0. The number of aryl methyl sites for hydroxylation is 1. The Bertz CT molecular complexity index is 639. The Balaban J connectivity index is 2.45. The maximum atomic E-state index is 12.9. The SMILES string of the molecule is Cc1ccc2nc(C(F)(F)F)cc(OCCN(C)C)c2c1. The molecule has 0 bridgehead atoms. The second-order valence-corrected chi connectivity index (χ2v) is 5.18. The van der Waals surface area contributed by atoms with Gasteiger partial charge in [-0.25, -0.2) is 4.98 Å². The van der Waals surface area contributed by atoms with Gasteiger partial charge >= 0.3 is 6.18 Å². The molecule has 1 heterocycles. The van der Waals surface area contributed by atoms with Crippen molar-refractivity contribution in [2.75, 3.05) is 27.2 Å². The van der Waals surface area contributed by atoms with Crippen LogP contribution in [0.2, 0.25) is 0 Å². The van der Waals surface area contributed by atoms with Crippen LogP contribution in [0, 0.1) is 6.92 Å². The van der Waals surface area contributed by atoms with Crippen LogP contribution in [0.3, 0.4) is 0 Å². The van der Waals surface area contributed by atoms with E-state index in [4.69, 9.17) is 4.74 Å². The molecule has 114 valence electrons. The van der Waals surface area contributed by atoms with Gasteiger partial charge in [-0.1, -0.05) is 11.6 Å². The van der Waals surface area contributed by atoms with Gasteiger partial charge in [0.05, 0.1) is 5.52 Å². The van der Waals surface area contributed by atoms with Crippen molar-refractivity contribution in [1.82, 2.24) is 9.88 Å². The molecule has 21 heavy (non-hydrogen) atoms. The highest BCUT2D eigenvalue weighted by Gasteiger charge is 2.33. The number of benzene rings is 1. The highest BCUT2D eigenvalue weighted by Crippen LogP contribution is 2.34. The fourth-order valence-electron chi connectivity index (χ4n) is 1.91. The number of aromatic nitrogens is 1. The Morgan fingerprint density at radius 2 is 1.90 bits per heavy atom. The highest BCUT2D eigenvalue weighted by atomic mass is 19.4. The van der Waals surface area contributed by atoms with E-state index >= 15 is 0 Å². The third kappa shape index (κ3) is 3.85. The monoisotopic (exact) mass is 298 g/mol. The van der Waals surface area contributed by atoms with Crippen LogP contribution in [0.4, 0.5) is 13.2 Å². The van der Waals surface area contributed by atoms with Crippen LogP contribution < -0.4 is 4.74 Å². The molecule has 0 amide bonds. The number of halogens is 3. The van der Waals surface area contributed by atoms with Gasteiger partial charge in [0, 0.05) is 18.0 Å². The lowest BCUT2D eigenvalue weighted by Crippen LogP contribution is -2.19. The number of pyridine rings is 1. The third-order valence-electron chi connectivity index (χ3n) is 3.01. The standard InChI is InChI=1S/C15H17F3N2O/c1-10-4-5-12-11(8-10)13(21-7-6-20(2)3)9-14(19-12)15(16,17)18/h4-5,8-9H,6-7H2,1-3H3. The van der Waals surface area contributed by atoms with E-state index in [1.54, 1.807) is 18.2 Å². The molecular weight excluding hydrogens is 281 g/mol. The van der Waals surface area contributed by atoms with Gasteiger partial charge in [-0.2, -0.15) is 13.2 Å². The Labute approximate surface area is 121 Å². The molecule has 2 aromatic rings. The minimum Gasteiger partial charge on any atom is -0.491 e. The molecule has 3 nitrogen and oxygen atoms in total. The average Bonchev–Trinajstić information content (AvgIpc) is 2.37. The summed E-state index contributed by atoms with van der Waals surface area (Å²) in [6.07, 6.45) is -4.49. The van der Waals surface area contributed by atoms with E-state index in [2.05, 4.69) is 4.98 Å². The summed E-state index contributed by atoms with van der Waals surface area (Å²) < 4.78 is 44.2. The van der Waals surface area contributed by atoms with Crippen molar-refractivity contribution in [1.29, 1.82) is 0 Å². The first-order valence-electron chi connectivity index (χ1n) is 6.53. The molecule has 0 fully saturated rings. The van der Waals surface area contributed by atoms with E-state index in [9.17, 15) is 13.2 Å². The van der Waals surface area contributed by atoms with Crippen LogP contribution in [-0.2, 0) is 6.18 Å². The predicted molar refractivity (Wildman–Crippen MR) is 75.5 cm³/mol. The zero-order valence-corrected chi connectivity index (χ0v) is 12.2. The number of nitrogens with zero attached hydrogens (tertiary/aromatic N) is 2. The molecule has 0 atom stereocenters. The number of fused-ring (bicyclic) bond motifs is 1. The lowest BCUT2D eigenvalue weighted by atomic mass is 10.1. The van der Waals surface area contributed by atoms with Gasteiger partial charge in [-0.3, -0.25) is 0 Å². The van der Waals surface area contributed by atoms with Gasteiger partial charge < -0.3 is 9.64 Å². The molecule has 2 rings (SSSR count). The van der Waals surface area contributed by atoms with Crippen LogP contribution in [0.5, 0.6) is 5.75 Å². The summed E-state index contributed by atoms with van der Waals surface area (Å²) in [4.78, 5) is 5.58. The van der Waals surface area contributed by atoms with E-state index < -0.39 is 11.9 Å². The van der Waals surface area contributed by atoms with Crippen molar-refractivity contribution in [2.45, 2.75) is 13.1 Å². The van der Waals surface area contributed by atoms with Crippen molar-refractivity contribution >= 4 is 10.9 Å². The minimum absolute atomic E-state index is 0.220. The van der Waals surface area contributed by atoms with Gasteiger partial charge in [0.1, 0.15) is 18.1 Å². The normalized spacial score (nSPS) is 12.1. The highest BCUT2D eigenvalue weighted by molar-refractivity contribution is 5.86. The number of ether oxygens (including phenoxy) is 1. The quantitative estimate of drug-likeness (QED) is 0.864. The van der Waals surface area contributed by atoms with Crippen LogP contribution in [0.25, 0.3) is 10.9 Å². The molecule has 0 saturated carbocycles. The van der Waals surface area contributed by atoms with Crippen molar-refractivity contribution in [3.8, 4) is 5.75 Å². The number of alkyl halides is 3. The third-order valence-corrected chi connectivity index (χ3v) is 3.01. The minimum atomic E-state index is -4.49.